The van der Waals surface area contributed by atoms with Gasteiger partial charge in [0, 0.05) is 12.6 Å². The van der Waals surface area contributed by atoms with E-state index in [9.17, 15) is 5.11 Å². The molecule has 1 unspecified atom stereocenters. The van der Waals surface area contributed by atoms with Crippen molar-refractivity contribution in [3.05, 3.63) is 53.6 Å². The van der Waals surface area contributed by atoms with Crippen molar-refractivity contribution in [1.82, 2.24) is 9.97 Å². The fourth-order valence-corrected chi connectivity index (χ4v) is 1.76. The monoisotopic (exact) mass is 244 g/mol. The highest BCUT2D eigenvalue weighted by atomic mass is 16.5. The van der Waals surface area contributed by atoms with Crippen molar-refractivity contribution in [3.63, 3.8) is 0 Å². The fraction of sp³-hybridized carbons (Fsp3) is 0.286. The molecular weight excluding hydrogens is 228 g/mol. The number of ether oxygens (including phenoxy) is 1. The summed E-state index contributed by atoms with van der Waals surface area (Å²) in [6.07, 6.45) is 3.05. The Kier molecular flexibility index (Phi) is 3.89. The Morgan fingerprint density at radius 2 is 2.00 bits per heavy atom. The Balaban J connectivity index is 2.15. The third-order valence-corrected chi connectivity index (χ3v) is 2.75. The maximum atomic E-state index is 10.1. The van der Waals surface area contributed by atoms with E-state index in [4.69, 9.17) is 4.74 Å². The Bertz CT molecular complexity index is 511. The number of hydrogen-bond donors (Lipinski definition) is 1. The van der Waals surface area contributed by atoms with Gasteiger partial charge in [-0.15, -0.1) is 0 Å². The normalized spacial score (nSPS) is 12.2. The average Bonchev–Trinajstić information content (AvgIpc) is 2.40. The van der Waals surface area contributed by atoms with E-state index in [0.717, 1.165) is 17.0 Å². The van der Waals surface area contributed by atoms with Gasteiger partial charge in [0.2, 0.25) is 0 Å². The van der Waals surface area contributed by atoms with E-state index in [0.29, 0.717) is 12.1 Å². The fourth-order valence-electron chi connectivity index (χ4n) is 1.76. The van der Waals surface area contributed by atoms with Crippen LogP contribution in [-0.4, -0.2) is 22.2 Å². The maximum absolute atomic E-state index is 10.1. The van der Waals surface area contributed by atoms with Crippen LogP contribution >= 0.6 is 0 Å². The summed E-state index contributed by atoms with van der Waals surface area (Å²) in [7, 11) is 1.62. The van der Waals surface area contributed by atoms with E-state index in [1.54, 1.807) is 19.5 Å². The van der Waals surface area contributed by atoms with Crippen molar-refractivity contribution in [2.45, 2.75) is 19.4 Å². The van der Waals surface area contributed by atoms with Crippen LogP contribution in [0.5, 0.6) is 5.75 Å². The smallest absolute Gasteiger partial charge is 0.122 e. The zero-order valence-electron chi connectivity index (χ0n) is 10.5. The molecule has 0 fully saturated rings. The lowest BCUT2D eigenvalue weighted by molar-refractivity contribution is 0.172. The predicted molar refractivity (Wildman–Crippen MR) is 68.4 cm³/mol. The second kappa shape index (κ2) is 5.60. The largest absolute Gasteiger partial charge is 0.496 e. The number of rotatable bonds is 4. The molecule has 0 amide bonds. The van der Waals surface area contributed by atoms with E-state index < -0.39 is 6.10 Å². The van der Waals surface area contributed by atoms with Crippen LogP contribution in [0.25, 0.3) is 0 Å². The van der Waals surface area contributed by atoms with Crippen LogP contribution in [0.15, 0.2) is 36.7 Å². The van der Waals surface area contributed by atoms with E-state index in [1.807, 2.05) is 31.2 Å². The second-order valence-corrected chi connectivity index (χ2v) is 4.11. The van der Waals surface area contributed by atoms with Crippen LogP contribution < -0.4 is 4.74 Å². The summed E-state index contributed by atoms with van der Waals surface area (Å²) in [4.78, 5) is 8.31. The van der Waals surface area contributed by atoms with Gasteiger partial charge in [0.1, 0.15) is 11.9 Å². The molecule has 1 heterocycles. The average molecular weight is 244 g/mol. The zero-order valence-corrected chi connectivity index (χ0v) is 10.5. The number of aromatic nitrogens is 2. The molecule has 1 aromatic carbocycles. The highest BCUT2D eigenvalue weighted by Crippen LogP contribution is 2.23. The standard InChI is InChI=1S/C14H16N2O2/c1-10-8-16-12(9-15-10)13(17)7-11-5-3-4-6-14(11)18-2/h3-6,8-9,13,17H,7H2,1-2H3. The molecule has 4 nitrogen and oxygen atoms in total. The summed E-state index contributed by atoms with van der Waals surface area (Å²) in [6, 6.07) is 7.64. The highest BCUT2D eigenvalue weighted by Gasteiger charge is 2.13. The van der Waals surface area contributed by atoms with Gasteiger partial charge in [0.15, 0.2) is 0 Å². The van der Waals surface area contributed by atoms with Gasteiger partial charge >= 0.3 is 0 Å². The number of aryl methyl sites for hydroxylation is 1. The molecule has 1 aromatic heterocycles. The minimum atomic E-state index is -0.672. The molecule has 18 heavy (non-hydrogen) atoms. The minimum Gasteiger partial charge on any atom is -0.496 e. The number of aliphatic hydroxyl groups excluding tert-OH is 1. The maximum Gasteiger partial charge on any atom is 0.122 e. The molecule has 4 heteroatoms. The first kappa shape index (κ1) is 12.5. The van der Waals surface area contributed by atoms with Gasteiger partial charge in [-0.2, -0.15) is 0 Å². The molecule has 1 atom stereocenters. The van der Waals surface area contributed by atoms with Crippen LogP contribution in [0.3, 0.4) is 0 Å². The van der Waals surface area contributed by atoms with Crippen LogP contribution in [0, 0.1) is 6.92 Å². The number of benzene rings is 1. The van der Waals surface area contributed by atoms with Crippen molar-refractivity contribution >= 4 is 0 Å². The summed E-state index contributed by atoms with van der Waals surface area (Å²) in [5.74, 6) is 0.775. The molecule has 2 rings (SSSR count). The number of methoxy groups -OCH3 is 1. The Morgan fingerprint density at radius 1 is 1.22 bits per heavy atom. The molecule has 0 bridgehead atoms. The first-order valence-corrected chi connectivity index (χ1v) is 5.79. The van der Waals surface area contributed by atoms with Gasteiger partial charge in [0.05, 0.1) is 24.7 Å². The van der Waals surface area contributed by atoms with Gasteiger partial charge in [-0.25, -0.2) is 0 Å². The lowest BCUT2D eigenvalue weighted by Crippen LogP contribution is -2.06. The lowest BCUT2D eigenvalue weighted by atomic mass is 10.0. The van der Waals surface area contributed by atoms with Crippen LogP contribution in [0.1, 0.15) is 23.1 Å². The summed E-state index contributed by atoms with van der Waals surface area (Å²) in [6.45, 7) is 1.86. The van der Waals surface area contributed by atoms with Gasteiger partial charge < -0.3 is 9.84 Å². The van der Waals surface area contributed by atoms with E-state index in [2.05, 4.69) is 9.97 Å². The molecule has 0 saturated heterocycles. The van der Waals surface area contributed by atoms with Crippen LogP contribution in [0.4, 0.5) is 0 Å². The Hall–Kier alpha value is -1.94. The summed E-state index contributed by atoms with van der Waals surface area (Å²) in [5.41, 5.74) is 2.37. The van der Waals surface area contributed by atoms with Crippen LogP contribution in [-0.2, 0) is 6.42 Å². The van der Waals surface area contributed by atoms with E-state index >= 15 is 0 Å². The molecule has 2 aromatic rings. The quantitative estimate of drug-likeness (QED) is 0.894. The Labute approximate surface area is 106 Å². The third kappa shape index (κ3) is 2.84. The van der Waals surface area contributed by atoms with Crippen molar-refractivity contribution in [1.29, 1.82) is 0 Å². The van der Waals surface area contributed by atoms with E-state index in [1.165, 1.54) is 0 Å². The Morgan fingerprint density at radius 3 is 2.67 bits per heavy atom. The molecule has 0 saturated carbocycles. The molecule has 1 N–H and O–H groups in total. The number of nitrogens with zero attached hydrogens (tertiary/aromatic N) is 2. The second-order valence-electron chi connectivity index (χ2n) is 4.11. The number of para-hydroxylation sites is 1. The lowest BCUT2D eigenvalue weighted by Gasteiger charge is -2.12. The first-order chi connectivity index (χ1) is 8.70. The number of hydrogen-bond acceptors (Lipinski definition) is 4. The molecule has 0 aliphatic carbocycles. The SMILES string of the molecule is COc1ccccc1CC(O)c1cnc(C)cn1. The van der Waals surface area contributed by atoms with Crippen molar-refractivity contribution < 1.29 is 9.84 Å². The van der Waals surface area contributed by atoms with Crippen molar-refractivity contribution in [2.75, 3.05) is 7.11 Å². The van der Waals surface area contributed by atoms with Gasteiger partial charge in [-0.1, -0.05) is 18.2 Å². The third-order valence-electron chi connectivity index (χ3n) is 2.75. The van der Waals surface area contributed by atoms with Gasteiger partial charge in [0.25, 0.3) is 0 Å². The molecule has 94 valence electrons. The van der Waals surface area contributed by atoms with Crippen molar-refractivity contribution in [2.24, 2.45) is 0 Å². The van der Waals surface area contributed by atoms with Gasteiger partial charge in [-0.3, -0.25) is 9.97 Å². The van der Waals surface area contributed by atoms with Crippen molar-refractivity contribution in [3.8, 4) is 5.75 Å². The molecule has 0 spiro atoms. The topological polar surface area (TPSA) is 55.2 Å². The molecule has 0 aliphatic rings. The first-order valence-electron chi connectivity index (χ1n) is 5.79. The molecule has 0 radical (unpaired) electrons. The summed E-state index contributed by atoms with van der Waals surface area (Å²) < 4.78 is 5.25. The molecule has 0 aliphatic heterocycles. The van der Waals surface area contributed by atoms with Gasteiger partial charge in [-0.05, 0) is 18.6 Å². The predicted octanol–water partition coefficient (Wildman–Crippen LogP) is 2.07. The summed E-state index contributed by atoms with van der Waals surface area (Å²) >= 11 is 0. The molecular formula is C14H16N2O2. The number of aliphatic hydroxyl groups is 1. The van der Waals surface area contributed by atoms with Crippen LogP contribution in [0.2, 0.25) is 0 Å². The zero-order chi connectivity index (χ0) is 13.0. The van der Waals surface area contributed by atoms with E-state index in [-0.39, 0.29) is 0 Å². The highest BCUT2D eigenvalue weighted by molar-refractivity contribution is 5.34. The minimum absolute atomic E-state index is 0.460. The summed E-state index contributed by atoms with van der Waals surface area (Å²) in [5, 5.41) is 10.1.